The van der Waals surface area contributed by atoms with Crippen molar-refractivity contribution in [2.24, 2.45) is 5.89 Å². The van der Waals surface area contributed by atoms with E-state index in [0.29, 0.717) is 0 Å². The van der Waals surface area contributed by atoms with E-state index in [1.165, 1.54) is 0 Å². The first-order valence-electron chi connectivity index (χ1n) is 6.35. The number of carboxylic acids is 1. The normalized spacial score (nSPS) is 22.3. The van der Waals surface area contributed by atoms with Crippen LogP contribution in [0.1, 0.15) is 45.9 Å². The molecule has 0 amide bonds. The van der Waals surface area contributed by atoms with Crippen LogP contribution >= 0.6 is 0 Å². The molecule has 0 aliphatic carbocycles. The monoisotopic (exact) mass is 211 g/mol. The van der Waals surface area contributed by atoms with Crippen LogP contribution in [0, 0.1) is 5.89 Å². The van der Waals surface area contributed by atoms with Gasteiger partial charge in [-0.3, -0.25) is 9.59 Å². The molecule has 0 aromatic heterocycles. The third kappa shape index (κ3) is 5.56. The van der Waals surface area contributed by atoms with E-state index in [4.69, 9.17) is 15.3 Å². The second-order valence-corrected chi connectivity index (χ2v) is 3.76. The van der Waals surface area contributed by atoms with Crippen molar-refractivity contribution in [1.82, 2.24) is 0 Å². The first kappa shape index (κ1) is 7.26. The summed E-state index contributed by atoms with van der Waals surface area (Å²) >= 11 is 0. The van der Waals surface area contributed by atoms with Crippen LogP contribution in [-0.2, 0) is 14.3 Å². The number of hydrogen-bond donors (Lipinski definition) is 1. The Morgan fingerprint density at radius 1 is 1.64 bits per heavy atom. The van der Waals surface area contributed by atoms with Crippen molar-refractivity contribution in [2.75, 3.05) is 0 Å². The predicted molar refractivity (Wildman–Crippen MR) is 51.9 cm³/mol. The van der Waals surface area contributed by atoms with Crippen LogP contribution in [0.15, 0.2) is 0 Å². The summed E-state index contributed by atoms with van der Waals surface area (Å²) in [5.41, 5.74) is -0.824. The summed E-state index contributed by atoms with van der Waals surface area (Å²) in [6.07, 6.45) is -2.72. The van der Waals surface area contributed by atoms with E-state index in [1.54, 1.807) is 20.8 Å². The Morgan fingerprint density at radius 2 is 2.21 bits per heavy atom. The Labute approximate surface area is 89.9 Å². The summed E-state index contributed by atoms with van der Waals surface area (Å²) in [6, 6.07) is 0. The van der Waals surface area contributed by atoms with E-state index < -0.39 is 43.1 Å². The first-order valence-corrected chi connectivity index (χ1v) is 4.12. The highest BCUT2D eigenvalue weighted by Gasteiger charge is 2.23. The van der Waals surface area contributed by atoms with Gasteiger partial charge in [-0.15, -0.1) is 0 Å². The first-order chi connectivity index (χ1) is 7.90. The van der Waals surface area contributed by atoms with Crippen LogP contribution in [-0.4, -0.2) is 22.6 Å². The lowest BCUT2D eigenvalue weighted by molar-refractivity contribution is -0.159. The van der Waals surface area contributed by atoms with Crippen molar-refractivity contribution >= 4 is 11.9 Å². The van der Waals surface area contributed by atoms with Gasteiger partial charge < -0.3 is 9.84 Å². The lowest BCUT2D eigenvalue weighted by Crippen LogP contribution is -2.27. The number of aliphatic carboxylic acids is 1. The topological polar surface area (TPSA) is 63.6 Å². The number of rotatable bonds is 4. The second kappa shape index (κ2) is 4.98. The standard InChI is InChI=1S/C10H18O4/c1-5-7(9(12)13)6-8(11)14-10(2,3)4/h7H,5-6H2,1-4H3,(H,12,13)/t7-/m0/s1/i1+1D2,5+1D,6+1,7+1D,8+1/t5-,7+/m1. The third-order valence-corrected chi connectivity index (χ3v) is 1.23. The Hall–Kier alpha value is -1.06. The quantitative estimate of drug-likeness (QED) is 0.569. The molecule has 2 atom stereocenters. The van der Waals surface area contributed by atoms with Gasteiger partial charge in [-0.25, -0.2) is 0 Å². The van der Waals surface area contributed by atoms with Crippen LogP contribution in [0.3, 0.4) is 0 Å². The molecule has 0 aromatic carbocycles. The van der Waals surface area contributed by atoms with Gasteiger partial charge in [0.1, 0.15) is 5.60 Å². The molecule has 0 aliphatic heterocycles. The third-order valence-electron chi connectivity index (χ3n) is 1.23. The van der Waals surface area contributed by atoms with E-state index in [0.717, 1.165) is 0 Å². The minimum absolute atomic E-state index is 0.824. The van der Waals surface area contributed by atoms with Crippen LogP contribution in [0.25, 0.3) is 0 Å². The van der Waals surface area contributed by atoms with Crippen LogP contribution in [0.2, 0.25) is 0 Å². The van der Waals surface area contributed by atoms with Gasteiger partial charge in [-0.1, -0.05) is 6.88 Å². The SMILES string of the molecule is [2H][13CH]([2H])[13C@@H]([2H])[13C@@]([2H])([13CH2][13C](=O)OC(C)(C)C)C(=O)O. The Bertz CT molecular complexity index is 326. The van der Waals surface area contributed by atoms with Crippen LogP contribution in [0.4, 0.5) is 0 Å². The summed E-state index contributed by atoms with van der Waals surface area (Å²) in [6.45, 7) is 2.94. The highest BCUT2D eigenvalue weighted by atomic mass is 16.6. The van der Waals surface area contributed by atoms with Gasteiger partial charge in [0.15, 0.2) is 0 Å². The molecule has 82 valence electrons. The fraction of sp³-hybridized carbons (Fsp3) is 0.800. The predicted octanol–water partition coefficient (Wildman–Crippen LogP) is 1.83. The molecule has 0 saturated heterocycles. The maximum Gasteiger partial charge on any atom is 0.307 e. The molecular formula is C10H18O4. The van der Waals surface area contributed by atoms with Crippen LogP contribution < -0.4 is 0 Å². The Kier molecular flexibility index (Phi) is 2.58. The highest BCUT2D eigenvalue weighted by Crippen LogP contribution is 2.14. The van der Waals surface area contributed by atoms with Gasteiger partial charge in [0.25, 0.3) is 0 Å². The molecule has 4 nitrogen and oxygen atoms in total. The summed E-state index contributed by atoms with van der Waals surface area (Å²) in [7, 11) is 0. The summed E-state index contributed by atoms with van der Waals surface area (Å²) in [4.78, 5) is 22.5. The lowest BCUT2D eigenvalue weighted by atomic mass is 10.2. The molecule has 1 N–H and O–H groups in total. The lowest BCUT2D eigenvalue weighted by Gasteiger charge is -2.20. The van der Waals surface area contributed by atoms with Crippen molar-refractivity contribution < 1.29 is 24.9 Å². The van der Waals surface area contributed by atoms with Crippen LogP contribution in [0.5, 0.6) is 0 Å². The number of carbonyl (C=O) groups excluding carboxylic acids is 1. The van der Waals surface area contributed by atoms with E-state index in [1.807, 2.05) is 0 Å². The molecule has 0 radical (unpaired) electrons. The zero-order chi connectivity index (χ0) is 14.7. The fourth-order valence-corrected chi connectivity index (χ4v) is 0.739. The molecular weight excluding hydrogens is 189 g/mol. The molecule has 0 saturated carbocycles. The Morgan fingerprint density at radius 3 is 2.57 bits per heavy atom. The van der Waals surface area contributed by atoms with E-state index >= 15 is 0 Å². The van der Waals surface area contributed by atoms with Crippen molar-refractivity contribution in [2.45, 2.75) is 46.1 Å². The van der Waals surface area contributed by atoms with Gasteiger partial charge in [0.2, 0.25) is 0 Å². The van der Waals surface area contributed by atoms with Gasteiger partial charge in [-0.05, 0) is 27.2 Å². The van der Waals surface area contributed by atoms with Crippen molar-refractivity contribution in [3.63, 3.8) is 0 Å². The number of esters is 1. The van der Waals surface area contributed by atoms with E-state index in [-0.39, 0.29) is 0 Å². The number of hydrogen-bond acceptors (Lipinski definition) is 3. The molecule has 0 heterocycles. The fourth-order valence-electron chi connectivity index (χ4n) is 0.739. The summed E-state index contributed by atoms with van der Waals surface area (Å²) in [5.74, 6) is -5.19. The van der Waals surface area contributed by atoms with E-state index in [2.05, 4.69) is 0 Å². The molecule has 14 heavy (non-hydrogen) atoms. The molecule has 0 fully saturated rings. The molecule has 0 aromatic rings. The average molecular weight is 211 g/mol. The maximum absolute atomic E-state index is 11.5. The average Bonchev–Trinajstić information content (AvgIpc) is 2.12. The van der Waals surface area contributed by atoms with Crippen molar-refractivity contribution in [3.8, 4) is 0 Å². The molecule has 0 unspecified atom stereocenters. The molecule has 4 heteroatoms. The summed E-state index contributed by atoms with van der Waals surface area (Å²) in [5, 5.41) is 8.92. The highest BCUT2D eigenvalue weighted by molar-refractivity contribution is 5.78. The van der Waals surface area contributed by atoms with Gasteiger partial charge in [-0.2, -0.15) is 0 Å². The van der Waals surface area contributed by atoms with Gasteiger partial charge in [0.05, 0.1) is 12.3 Å². The molecule has 0 bridgehead atoms. The smallest absolute Gasteiger partial charge is 0.307 e. The minimum Gasteiger partial charge on any atom is -0.481 e. The minimum atomic E-state index is -2.55. The Balaban J connectivity index is 4.95. The second-order valence-electron chi connectivity index (χ2n) is 3.76. The molecule has 0 rings (SSSR count). The molecule has 0 aliphatic rings. The zero-order valence-electron chi connectivity index (χ0n) is 12.5. The molecule has 0 spiro atoms. The maximum atomic E-state index is 11.5. The van der Waals surface area contributed by atoms with Gasteiger partial charge in [0, 0.05) is 5.48 Å². The number of ether oxygens (including phenoxy) is 1. The number of carboxylic acid groups (broad SMARTS) is 1. The summed E-state index contributed by atoms with van der Waals surface area (Å²) < 4.78 is 33.9. The van der Waals surface area contributed by atoms with Crippen molar-refractivity contribution in [3.05, 3.63) is 0 Å². The van der Waals surface area contributed by atoms with Crippen molar-refractivity contribution in [1.29, 1.82) is 0 Å². The van der Waals surface area contributed by atoms with E-state index in [9.17, 15) is 9.59 Å². The van der Waals surface area contributed by atoms with Gasteiger partial charge >= 0.3 is 11.9 Å². The number of carbonyl (C=O) groups is 2. The largest absolute Gasteiger partial charge is 0.481 e. The zero-order valence-corrected chi connectivity index (χ0v) is 8.53.